The number of ether oxygens (including phenoxy) is 1. The van der Waals surface area contributed by atoms with Crippen LogP contribution in [0.2, 0.25) is 0 Å². The first-order valence-electron chi connectivity index (χ1n) is 6.63. The van der Waals surface area contributed by atoms with Crippen LogP contribution >= 0.6 is 11.6 Å². The Hall–Kier alpha value is -0.670. The predicted octanol–water partition coefficient (Wildman–Crippen LogP) is 4.17. The van der Waals surface area contributed by atoms with Crippen molar-refractivity contribution in [3.05, 3.63) is 35.4 Å². The van der Waals surface area contributed by atoms with Gasteiger partial charge in [0.15, 0.2) is 0 Å². The van der Waals surface area contributed by atoms with Crippen molar-refractivity contribution in [3.8, 4) is 0 Å². The van der Waals surface area contributed by atoms with Crippen LogP contribution in [-0.4, -0.2) is 17.6 Å². The first-order chi connectivity index (χ1) is 8.90. The van der Waals surface area contributed by atoms with Crippen molar-refractivity contribution in [2.75, 3.05) is 0 Å². The molecule has 1 aliphatic heterocycles. The Kier molecular flexibility index (Phi) is 4.46. The number of alkyl halides is 1. The van der Waals surface area contributed by atoms with E-state index in [2.05, 4.69) is 6.92 Å². The quantitative estimate of drug-likeness (QED) is 0.759. The molecule has 0 spiro atoms. The molecule has 0 N–H and O–H groups in total. The minimum Gasteiger partial charge on any atom is -0.375 e. The van der Waals surface area contributed by atoms with E-state index >= 15 is 0 Å². The van der Waals surface area contributed by atoms with Crippen molar-refractivity contribution in [2.24, 2.45) is 11.8 Å². The standard InChI is InChI=1S/C15H19ClF2O/c1-8-9(2)19-10(3)15(8)13(16)6-11-4-5-12(17)7-14(11)18/h4-5,7-10,13,15H,6H2,1-3H3. The average Bonchev–Trinajstić information content (AvgIpc) is 2.57. The third-order valence-electron chi connectivity index (χ3n) is 4.17. The average molecular weight is 289 g/mol. The molecule has 1 fully saturated rings. The van der Waals surface area contributed by atoms with Crippen LogP contribution in [0.4, 0.5) is 8.78 Å². The minimum absolute atomic E-state index is 0.0657. The fourth-order valence-corrected chi connectivity index (χ4v) is 3.55. The first-order valence-corrected chi connectivity index (χ1v) is 7.07. The second-order valence-electron chi connectivity index (χ2n) is 5.44. The molecule has 0 bridgehead atoms. The zero-order valence-corrected chi connectivity index (χ0v) is 12.1. The Balaban J connectivity index is 2.10. The molecule has 2 rings (SSSR count). The monoisotopic (exact) mass is 288 g/mol. The predicted molar refractivity (Wildman–Crippen MR) is 72.4 cm³/mol. The van der Waals surface area contributed by atoms with Gasteiger partial charge in [0, 0.05) is 17.4 Å². The lowest BCUT2D eigenvalue weighted by Crippen LogP contribution is -2.29. The molecular formula is C15H19ClF2O. The number of rotatable bonds is 3. The molecule has 5 unspecified atom stereocenters. The van der Waals surface area contributed by atoms with E-state index in [0.717, 1.165) is 6.07 Å². The molecule has 0 aliphatic carbocycles. The zero-order chi connectivity index (χ0) is 14.2. The largest absolute Gasteiger partial charge is 0.375 e. The van der Waals surface area contributed by atoms with Gasteiger partial charge in [0.25, 0.3) is 0 Å². The third-order valence-corrected chi connectivity index (χ3v) is 4.61. The van der Waals surface area contributed by atoms with Gasteiger partial charge in [-0.1, -0.05) is 13.0 Å². The molecule has 0 radical (unpaired) electrons. The topological polar surface area (TPSA) is 9.23 Å². The number of hydrogen-bond acceptors (Lipinski definition) is 1. The van der Waals surface area contributed by atoms with Crippen molar-refractivity contribution < 1.29 is 13.5 Å². The summed E-state index contributed by atoms with van der Waals surface area (Å²) in [5.74, 6) is -0.577. The van der Waals surface area contributed by atoms with E-state index < -0.39 is 11.6 Å². The second kappa shape index (κ2) is 5.76. The summed E-state index contributed by atoms with van der Waals surface area (Å²) in [6, 6.07) is 3.64. The SMILES string of the molecule is CC1OC(C)C(C(Cl)Cc2ccc(F)cc2F)C1C. The molecule has 19 heavy (non-hydrogen) atoms. The fourth-order valence-electron chi connectivity index (χ4n) is 2.95. The van der Waals surface area contributed by atoms with Gasteiger partial charge in [-0.05, 0) is 37.8 Å². The molecule has 1 saturated heterocycles. The van der Waals surface area contributed by atoms with Crippen molar-refractivity contribution >= 4 is 11.6 Å². The molecule has 0 saturated carbocycles. The van der Waals surface area contributed by atoms with Gasteiger partial charge in [-0.2, -0.15) is 0 Å². The summed E-state index contributed by atoms with van der Waals surface area (Å²) in [6.45, 7) is 6.14. The molecule has 1 aromatic carbocycles. The lowest BCUT2D eigenvalue weighted by Gasteiger charge is -2.24. The van der Waals surface area contributed by atoms with Crippen molar-refractivity contribution in [2.45, 2.75) is 44.8 Å². The molecule has 1 aromatic rings. The molecular weight excluding hydrogens is 270 g/mol. The first kappa shape index (κ1) is 14.7. The summed E-state index contributed by atoms with van der Waals surface area (Å²) < 4.78 is 32.3. The summed E-state index contributed by atoms with van der Waals surface area (Å²) in [5, 5.41) is -0.213. The van der Waals surface area contributed by atoms with Crippen LogP contribution in [0.25, 0.3) is 0 Å². The number of benzene rings is 1. The summed E-state index contributed by atoms with van der Waals surface area (Å²) in [7, 11) is 0. The van der Waals surface area contributed by atoms with E-state index in [9.17, 15) is 8.78 Å². The zero-order valence-electron chi connectivity index (χ0n) is 11.4. The highest BCUT2D eigenvalue weighted by molar-refractivity contribution is 6.21. The fraction of sp³-hybridized carbons (Fsp3) is 0.600. The molecule has 1 heterocycles. The van der Waals surface area contributed by atoms with Gasteiger partial charge in [-0.25, -0.2) is 8.78 Å². The lowest BCUT2D eigenvalue weighted by molar-refractivity contribution is 0.0508. The van der Waals surface area contributed by atoms with Gasteiger partial charge in [0.2, 0.25) is 0 Å². The van der Waals surface area contributed by atoms with E-state index in [1.54, 1.807) is 0 Å². The maximum absolute atomic E-state index is 13.6. The normalized spacial score (nSPS) is 32.5. The van der Waals surface area contributed by atoms with E-state index in [1.165, 1.54) is 12.1 Å². The molecule has 106 valence electrons. The molecule has 0 aromatic heterocycles. The Morgan fingerprint density at radius 1 is 1.21 bits per heavy atom. The van der Waals surface area contributed by atoms with Crippen LogP contribution in [0, 0.1) is 23.5 Å². The van der Waals surface area contributed by atoms with Crippen LogP contribution in [0.3, 0.4) is 0 Å². The molecule has 5 atom stereocenters. The smallest absolute Gasteiger partial charge is 0.129 e. The van der Waals surface area contributed by atoms with Gasteiger partial charge in [-0.15, -0.1) is 11.6 Å². The summed E-state index contributed by atoms with van der Waals surface area (Å²) in [4.78, 5) is 0. The highest BCUT2D eigenvalue weighted by atomic mass is 35.5. The highest BCUT2D eigenvalue weighted by Gasteiger charge is 2.41. The van der Waals surface area contributed by atoms with E-state index in [1.807, 2.05) is 13.8 Å². The van der Waals surface area contributed by atoms with E-state index in [0.29, 0.717) is 17.9 Å². The van der Waals surface area contributed by atoms with Gasteiger partial charge in [0.1, 0.15) is 11.6 Å². The maximum Gasteiger partial charge on any atom is 0.129 e. The number of halogens is 3. The summed E-state index contributed by atoms with van der Waals surface area (Å²) in [6.07, 6.45) is 0.624. The Morgan fingerprint density at radius 3 is 2.42 bits per heavy atom. The molecule has 1 nitrogen and oxygen atoms in total. The summed E-state index contributed by atoms with van der Waals surface area (Å²) >= 11 is 6.45. The Morgan fingerprint density at radius 2 is 1.89 bits per heavy atom. The molecule has 4 heteroatoms. The third kappa shape index (κ3) is 3.09. The minimum atomic E-state index is -0.563. The molecule has 1 aliphatic rings. The van der Waals surface area contributed by atoms with Crippen molar-refractivity contribution in [1.82, 2.24) is 0 Å². The van der Waals surface area contributed by atoms with Crippen LogP contribution in [0.15, 0.2) is 18.2 Å². The van der Waals surface area contributed by atoms with Crippen LogP contribution in [-0.2, 0) is 11.2 Å². The van der Waals surface area contributed by atoms with Crippen molar-refractivity contribution in [3.63, 3.8) is 0 Å². The maximum atomic E-state index is 13.6. The Bertz CT molecular complexity index is 452. The van der Waals surface area contributed by atoms with Gasteiger partial charge in [-0.3, -0.25) is 0 Å². The number of hydrogen-bond donors (Lipinski definition) is 0. The van der Waals surface area contributed by atoms with Crippen LogP contribution in [0.5, 0.6) is 0 Å². The highest BCUT2D eigenvalue weighted by Crippen LogP contribution is 2.37. The van der Waals surface area contributed by atoms with E-state index in [4.69, 9.17) is 16.3 Å². The van der Waals surface area contributed by atoms with Gasteiger partial charge in [0.05, 0.1) is 12.2 Å². The lowest BCUT2D eigenvalue weighted by atomic mass is 9.84. The summed E-state index contributed by atoms with van der Waals surface area (Å²) in [5.41, 5.74) is 0.459. The molecule has 0 amide bonds. The Labute approximate surface area is 117 Å². The van der Waals surface area contributed by atoms with Crippen LogP contribution < -0.4 is 0 Å². The van der Waals surface area contributed by atoms with Gasteiger partial charge < -0.3 is 4.74 Å². The van der Waals surface area contributed by atoms with Crippen molar-refractivity contribution in [1.29, 1.82) is 0 Å². The van der Waals surface area contributed by atoms with Gasteiger partial charge >= 0.3 is 0 Å². The van der Waals surface area contributed by atoms with E-state index in [-0.39, 0.29) is 23.5 Å². The second-order valence-corrected chi connectivity index (χ2v) is 6.00. The van der Waals surface area contributed by atoms with Crippen LogP contribution in [0.1, 0.15) is 26.3 Å².